The van der Waals surface area contributed by atoms with Gasteiger partial charge in [-0.2, -0.15) is 0 Å². The molecule has 2 aliphatic heterocycles. The fraction of sp³-hybridized carbons (Fsp3) is 0.600. The monoisotopic (exact) mass is 523 g/mol. The van der Waals surface area contributed by atoms with Gasteiger partial charge in [0.1, 0.15) is 35.1 Å². The van der Waals surface area contributed by atoms with Crippen LogP contribution < -0.4 is 5.32 Å². The van der Waals surface area contributed by atoms with Gasteiger partial charge in [-0.3, -0.25) is 19.2 Å². The highest BCUT2D eigenvalue weighted by Crippen LogP contribution is 2.60. The maximum Gasteiger partial charge on any atom is 0.303 e. The topological polar surface area (TPSA) is 122 Å². The molecule has 1 aromatic carbocycles. The second-order valence-electron chi connectivity index (χ2n) is 11.9. The molecule has 11 atom stereocenters. The van der Waals surface area contributed by atoms with Crippen molar-refractivity contribution in [1.29, 1.82) is 0 Å². The largest absolute Gasteiger partial charge is 0.458 e. The van der Waals surface area contributed by atoms with Crippen molar-refractivity contribution < 1.29 is 33.8 Å². The van der Waals surface area contributed by atoms with Crippen LogP contribution in [0.4, 0.5) is 0 Å². The van der Waals surface area contributed by atoms with Gasteiger partial charge in [0, 0.05) is 30.7 Å². The van der Waals surface area contributed by atoms with E-state index in [1.807, 2.05) is 44.2 Å². The van der Waals surface area contributed by atoms with Crippen LogP contribution in [0.2, 0.25) is 0 Å². The molecule has 204 valence electrons. The lowest BCUT2D eigenvalue weighted by molar-refractivity contribution is -0.178. The third-order valence-corrected chi connectivity index (χ3v) is 9.52. The molecule has 2 N–H and O–H groups in total. The number of aliphatic hydroxyl groups is 1. The van der Waals surface area contributed by atoms with Crippen molar-refractivity contribution >= 4 is 23.4 Å². The molecule has 2 unspecified atom stereocenters. The Morgan fingerprint density at radius 2 is 1.84 bits per heavy atom. The molecule has 1 amide bonds. The van der Waals surface area contributed by atoms with Crippen LogP contribution in [0.15, 0.2) is 42.5 Å². The zero-order valence-electron chi connectivity index (χ0n) is 22.5. The molecule has 0 aromatic heterocycles. The van der Waals surface area contributed by atoms with E-state index in [4.69, 9.17) is 9.47 Å². The summed E-state index contributed by atoms with van der Waals surface area (Å²) in [6, 6.07) is 9.52. The first-order chi connectivity index (χ1) is 17.9. The Hall–Kier alpha value is -2.84. The molecule has 2 aliphatic carbocycles. The van der Waals surface area contributed by atoms with Gasteiger partial charge in [0.15, 0.2) is 5.78 Å². The Bertz CT molecular complexity index is 1180. The van der Waals surface area contributed by atoms with Crippen LogP contribution in [0.5, 0.6) is 0 Å². The molecule has 1 spiro atoms. The van der Waals surface area contributed by atoms with E-state index in [0.29, 0.717) is 12.8 Å². The summed E-state index contributed by atoms with van der Waals surface area (Å²) >= 11 is 0. The van der Waals surface area contributed by atoms with Gasteiger partial charge in [0.05, 0.1) is 5.92 Å². The predicted molar refractivity (Wildman–Crippen MR) is 138 cm³/mol. The SMILES string of the molecule is CC(=O)O[C@@H]1[C@H]2O[C@@H]2[C@@](C)(O)C(=O)C(C)C/C=C/[C@H]2C(=O)[C@@H](C)C(C)[C@@H]3[C@H](Cc4ccccc4)NC(=O)[C@]132. The molecular formula is C30H37NO7. The van der Waals surface area contributed by atoms with Crippen LogP contribution in [-0.2, 0) is 35.1 Å². The molecule has 3 fully saturated rings. The molecule has 0 radical (unpaired) electrons. The number of ether oxygens (including phenoxy) is 2. The number of hydrogen-bond acceptors (Lipinski definition) is 7. The molecule has 2 saturated heterocycles. The van der Waals surface area contributed by atoms with E-state index in [0.717, 1.165) is 5.56 Å². The minimum Gasteiger partial charge on any atom is -0.458 e. The summed E-state index contributed by atoms with van der Waals surface area (Å²) in [4.78, 5) is 53.9. The highest BCUT2D eigenvalue weighted by Gasteiger charge is 2.75. The Morgan fingerprint density at radius 3 is 2.50 bits per heavy atom. The van der Waals surface area contributed by atoms with Crippen LogP contribution in [0, 0.1) is 35.0 Å². The van der Waals surface area contributed by atoms with Crippen LogP contribution in [0.1, 0.15) is 46.6 Å². The van der Waals surface area contributed by atoms with Gasteiger partial charge in [-0.1, -0.05) is 63.3 Å². The number of carbonyl (C=O) groups excluding carboxylic acids is 4. The quantitative estimate of drug-likeness (QED) is 0.354. The van der Waals surface area contributed by atoms with Crippen molar-refractivity contribution in [2.24, 2.45) is 35.0 Å². The number of hydrogen-bond donors (Lipinski definition) is 2. The summed E-state index contributed by atoms with van der Waals surface area (Å²) in [6.07, 6.45) is 1.34. The number of nitrogens with one attached hydrogen (secondary N) is 1. The summed E-state index contributed by atoms with van der Waals surface area (Å²) in [6.45, 7) is 8.28. The average Bonchev–Trinajstić information content (AvgIpc) is 3.62. The van der Waals surface area contributed by atoms with E-state index in [9.17, 15) is 24.3 Å². The summed E-state index contributed by atoms with van der Waals surface area (Å²) in [5.74, 6) is -3.78. The molecule has 1 aromatic rings. The number of ketones is 2. The summed E-state index contributed by atoms with van der Waals surface area (Å²) in [7, 11) is 0. The summed E-state index contributed by atoms with van der Waals surface area (Å²) in [5, 5.41) is 14.5. The highest BCUT2D eigenvalue weighted by atomic mass is 16.6. The van der Waals surface area contributed by atoms with E-state index < -0.39 is 47.1 Å². The maximum absolute atomic E-state index is 14.3. The number of amides is 1. The van der Waals surface area contributed by atoms with Crippen LogP contribution in [0.25, 0.3) is 0 Å². The molecular weight excluding hydrogens is 486 g/mol. The second kappa shape index (κ2) is 9.42. The zero-order valence-corrected chi connectivity index (χ0v) is 22.5. The number of allylic oxidation sites excluding steroid dienone is 2. The predicted octanol–water partition coefficient (Wildman–Crippen LogP) is 2.42. The third kappa shape index (κ3) is 3.95. The molecule has 38 heavy (non-hydrogen) atoms. The van der Waals surface area contributed by atoms with E-state index >= 15 is 0 Å². The van der Waals surface area contributed by atoms with Gasteiger partial charge in [0.2, 0.25) is 5.91 Å². The number of fused-ring (bicyclic) bond motifs is 1. The van der Waals surface area contributed by atoms with Crippen LogP contribution in [-0.4, -0.2) is 58.5 Å². The first kappa shape index (κ1) is 26.8. The summed E-state index contributed by atoms with van der Waals surface area (Å²) < 4.78 is 11.8. The number of benzene rings is 1. The van der Waals surface area contributed by atoms with E-state index in [1.54, 1.807) is 19.1 Å². The molecule has 0 bridgehead atoms. The third-order valence-electron chi connectivity index (χ3n) is 9.52. The first-order valence-corrected chi connectivity index (χ1v) is 13.6. The van der Waals surface area contributed by atoms with Gasteiger partial charge in [-0.05, 0) is 31.2 Å². The smallest absolute Gasteiger partial charge is 0.303 e. The normalized spacial score (nSPS) is 45.1. The van der Waals surface area contributed by atoms with E-state index in [-0.39, 0.29) is 41.3 Å². The standard InChI is InChI=1S/C30H37NO7/c1-15-10-9-13-20-23(33)17(3)16(2)22-21(14-19-11-7-6-8-12-19)31-28(35)30(20,22)27(37-18(4)32)24-26(38-24)29(5,36)25(15)34/h6-9,11-13,15-17,20-22,24,26-27,36H,10,14H2,1-5H3,(H,31,35)/b13-9+/t15?,16?,17-,20-,21-,22+,24-,26-,27+,29-,30-/m0/s1. The lowest BCUT2D eigenvalue weighted by Gasteiger charge is -2.51. The second-order valence-corrected chi connectivity index (χ2v) is 11.9. The number of rotatable bonds is 3. The maximum atomic E-state index is 14.3. The fourth-order valence-electron chi connectivity index (χ4n) is 7.49. The van der Waals surface area contributed by atoms with Gasteiger partial charge in [0.25, 0.3) is 0 Å². The van der Waals surface area contributed by atoms with Gasteiger partial charge in [-0.25, -0.2) is 0 Å². The number of epoxide rings is 1. The van der Waals surface area contributed by atoms with Crippen molar-refractivity contribution in [1.82, 2.24) is 5.32 Å². The fourth-order valence-corrected chi connectivity index (χ4v) is 7.49. The van der Waals surface area contributed by atoms with E-state index in [2.05, 4.69) is 5.32 Å². The Labute approximate surface area is 223 Å². The molecule has 5 rings (SSSR count). The highest BCUT2D eigenvalue weighted by molar-refractivity contribution is 5.98. The lowest BCUT2D eigenvalue weighted by Crippen LogP contribution is -2.63. The number of carbonyl (C=O) groups is 4. The van der Waals surface area contributed by atoms with Gasteiger partial charge >= 0.3 is 5.97 Å². The Morgan fingerprint density at radius 1 is 1.16 bits per heavy atom. The average molecular weight is 524 g/mol. The van der Waals surface area contributed by atoms with Gasteiger partial charge < -0.3 is 19.9 Å². The van der Waals surface area contributed by atoms with Crippen molar-refractivity contribution in [2.45, 2.75) is 77.4 Å². The first-order valence-electron chi connectivity index (χ1n) is 13.6. The van der Waals surface area contributed by atoms with Crippen molar-refractivity contribution in [3.63, 3.8) is 0 Å². The van der Waals surface area contributed by atoms with Crippen molar-refractivity contribution in [3.05, 3.63) is 48.0 Å². The molecule has 4 aliphatic rings. The number of esters is 1. The van der Waals surface area contributed by atoms with Crippen LogP contribution >= 0.6 is 0 Å². The van der Waals surface area contributed by atoms with Crippen molar-refractivity contribution in [3.8, 4) is 0 Å². The number of Topliss-reactive ketones (excluding diaryl/α,β-unsaturated/α-hetero) is 2. The van der Waals surface area contributed by atoms with Gasteiger partial charge in [-0.15, -0.1) is 0 Å². The molecule has 8 heteroatoms. The van der Waals surface area contributed by atoms with E-state index in [1.165, 1.54) is 13.8 Å². The minimum absolute atomic E-state index is 0.0974. The summed E-state index contributed by atoms with van der Waals surface area (Å²) in [5.41, 5.74) is -2.24. The minimum atomic E-state index is -1.83. The Balaban J connectivity index is 1.70. The van der Waals surface area contributed by atoms with Crippen LogP contribution in [0.3, 0.4) is 0 Å². The molecule has 2 heterocycles. The van der Waals surface area contributed by atoms with Crippen molar-refractivity contribution in [2.75, 3.05) is 0 Å². The zero-order chi connectivity index (χ0) is 27.6. The molecule has 8 nitrogen and oxygen atoms in total. The lowest BCUT2D eigenvalue weighted by atomic mass is 9.50. The molecule has 1 saturated carbocycles. The Kier molecular flexibility index (Phi) is 6.63.